The lowest BCUT2D eigenvalue weighted by atomic mass is 9.83. The maximum absolute atomic E-state index is 6.23. The van der Waals surface area contributed by atoms with Crippen LogP contribution in [-0.2, 0) is 6.54 Å². The SMILES string of the molecule is COc1ccc(C2CN(C)Cc3cc(OCCCN4C=C(C(c5ccccc5)c5ccccc5)C4)ccc32)cc1. The van der Waals surface area contributed by atoms with Crippen molar-refractivity contribution >= 4 is 0 Å². The molecule has 0 saturated heterocycles. The summed E-state index contributed by atoms with van der Waals surface area (Å²) in [5, 5.41) is 0. The quantitative estimate of drug-likeness (QED) is 0.205. The molecule has 1 unspecified atom stereocenters. The van der Waals surface area contributed by atoms with E-state index in [1.165, 1.54) is 33.4 Å². The summed E-state index contributed by atoms with van der Waals surface area (Å²) in [5.41, 5.74) is 8.27. The number of likely N-dealkylation sites (N-methyl/N-ethyl adjacent to an activating group) is 1. The van der Waals surface area contributed by atoms with Crippen molar-refractivity contribution in [1.29, 1.82) is 0 Å². The number of ether oxygens (including phenoxy) is 2. The number of benzene rings is 4. The van der Waals surface area contributed by atoms with E-state index in [9.17, 15) is 0 Å². The van der Waals surface area contributed by atoms with Gasteiger partial charge < -0.3 is 19.3 Å². The second-order valence-corrected chi connectivity index (χ2v) is 11.0. The van der Waals surface area contributed by atoms with E-state index in [2.05, 4.69) is 126 Å². The van der Waals surface area contributed by atoms with E-state index < -0.39 is 0 Å². The molecule has 0 saturated carbocycles. The molecule has 0 radical (unpaired) electrons. The molecule has 0 amide bonds. The third kappa shape index (κ3) is 5.78. The average molecular weight is 531 g/mol. The van der Waals surface area contributed by atoms with Gasteiger partial charge in [0.1, 0.15) is 11.5 Å². The van der Waals surface area contributed by atoms with E-state index in [1.54, 1.807) is 7.11 Å². The highest BCUT2D eigenvalue weighted by Crippen LogP contribution is 2.37. The summed E-state index contributed by atoms with van der Waals surface area (Å²) >= 11 is 0. The highest BCUT2D eigenvalue weighted by atomic mass is 16.5. The lowest BCUT2D eigenvalue weighted by Gasteiger charge is -2.36. The highest BCUT2D eigenvalue weighted by molar-refractivity contribution is 5.46. The number of fused-ring (bicyclic) bond motifs is 1. The zero-order valence-corrected chi connectivity index (χ0v) is 23.5. The fraction of sp³-hybridized carbons (Fsp3) is 0.278. The molecule has 0 aliphatic carbocycles. The van der Waals surface area contributed by atoms with Crippen LogP contribution in [0.4, 0.5) is 0 Å². The minimum atomic E-state index is 0.324. The molecular weight excluding hydrogens is 492 g/mol. The lowest BCUT2D eigenvalue weighted by molar-refractivity contribution is 0.265. The Morgan fingerprint density at radius 1 is 0.800 bits per heavy atom. The third-order valence-electron chi connectivity index (χ3n) is 8.17. The zero-order valence-electron chi connectivity index (χ0n) is 23.5. The normalized spacial score (nSPS) is 16.7. The molecule has 4 heteroatoms. The zero-order chi connectivity index (χ0) is 27.3. The number of hydrogen-bond acceptors (Lipinski definition) is 4. The molecule has 2 heterocycles. The van der Waals surface area contributed by atoms with Gasteiger partial charge in [-0.15, -0.1) is 0 Å². The molecule has 0 spiro atoms. The summed E-state index contributed by atoms with van der Waals surface area (Å²) < 4.78 is 11.6. The van der Waals surface area contributed by atoms with E-state index in [4.69, 9.17) is 9.47 Å². The van der Waals surface area contributed by atoms with Gasteiger partial charge in [0.25, 0.3) is 0 Å². The van der Waals surface area contributed by atoms with Gasteiger partial charge in [0.2, 0.25) is 0 Å². The van der Waals surface area contributed by atoms with Gasteiger partial charge in [0.05, 0.1) is 13.7 Å². The molecule has 4 nitrogen and oxygen atoms in total. The Labute approximate surface area is 238 Å². The van der Waals surface area contributed by atoms with Crippen molar-refractivity contribution in [3.05, 3.63) is 143 Å². The molecule has 0 fully saturated rings. The Morgan fingerprint density at radius 2 is 1.45 bits per heavy atom. The topological polar surface area (TPSA) is 24.9 Å². The number of hydrogen-bond donors (Lipinski definition) is 0. The van der Waals surface area contributed by atoms with E-state index in [0.717, 1.165) is 50.7 Å². The first kappa shape index (κ1) is 26.2. The van der Waals surface area contributed by atoms with Crippen LogP contribution in [0.25, 0.3) is 0 Å². The molecule has 2 aliphatic rings. The smallest absolute Gasteiger partial charge is 0.119 e. The van der Waals surface area contributed by atoms with Crippen molar-refractivity contribution in [2.45, 2.75) is 24.8 Å². The number of methoxy groups -OCH3 is 1. The summed E-state index contributed by atoms with van der Waals surface area (Å²) in [7, 11) is 3.91. The van der Waals surface area contributed by atoms with Gasteiger partial charge in [-0.05, 0) is 71.1 Å². The second kappa shape index (κ2) is 12.0. The van der Waals surface area contributed by atoms with Crippen molar-refractivity contribution in [3.8, 4) is 11.5 Å². The van der Waals surface area contributed by atoms with Gasteiger partial charge in [0, 0.05) is 44.2 Å². The Bertz CT molecular complexity index is 1390. The Morgan fingerprint density at radius 3 is 2.10 bits per heavy atom. The Hall–Kier alpha value is -4.02. The van der Waals surface area contributed by atoms with E-state index in [-0.39, 0.29) is 0 Å². The van der Waals surface area contributed by atoms with Crippen molar-refractivity contribution in [3.63, 3.8) is 0 Å². The van der Waals surface area contributed by atoms with Crippen LogP contribution in [0.5, 0.6) is 11.5 Å². The first-order chi connectivity index (χ1) is 19.7. The summed E-state index contributed by atoms with van der Waals surface area (Å²) in [6.45, 7) is 4.70. The van der Waals surface area contributed by atoms with Crippen LogP contribution >= 0.6 is 0 Å². The van der Waals surface area contributed by atoms with Gasteiger partial charge in [-0.3, -0.25) is 0 Å². The van der Waals surface area contributed by atoms with Crippen LogP contribution in [0.15, 0.2) is 115 Å². The molecular formula is C36H38N2O2. The van der Waals surface area contributed by atoms with Crippen LogP contribution < -0.4 is 9.47 Å². The summed E-state index contributed by atoms with van der Waals surface area (Å²) in [4.78, 5) is 4.81. The Balaban J connectivity index is 1.05. The molecule has 0 aromatic heterocycles. The van der Waals surface area contributed by atoms with Gasteiger partial charge in [-0.25, -0.2) is 0 Å². The van der Waals surface area contributed by atoms with Crippen molar-refractivity contribution < 1.29 is 9.47 Å². The van der Waals surface area contributed by atoms with Crippen LogP contribution in [0.2, 0.25) is 0 Å². The minimum Gasteiger partial charge on any atom is -0.497 e. The van der Waals surface area contributed by atoms with Gasteiger partial charge in [-0.1, -0.05) is 78.9 Å². The molecule has 6 rings (SSSR count). The molecule has 2 aliphatic heterocycles. The fourth-order valence-corrected chi connectivity index (χ4v) is 6.16. The first-order valence-electron chi connectivity index (χ1n) is 14.3. The van der Waals surface area contributed by atoms with Crippen LogP contribution in [0.1, 0.15) is 46.1 Å². The molecule has 4 aromatic rings. The molecule has 0 bridgehead atoms. The van der Waals surface area contributed by atoms with E-state index >= 15 is 0 Å². The van der Waals surface area contributed by atoms with Gasteiger partial charge >= 0.3 is 0 Å². The molecule has 1 atom stereocenters. The van der Waals surface area contributed by atoms with Crippen molar-refractivity contribution in [2.75, 3.05) is 40.4 Å². The average Bonchev–Trinajstić information content (AvgIpc) is 2.98. The second-order valence-electron chi connectivity index (χ2n) is 11.0. The monoisotopic (exact) mass is 530 g/mol. The molecule has 40 heavy (non-hydrogen) atoms. The largest absolute Gasteiger partial charge is 0.497 e. The first-order valence-corrected chi connectivity index (χ1v) is 14.3. The predicted molar refractivity (Wildman–Crippen MR) is 162 cm³/mol. The van der Waals surface area contributed by atoms with Crippen LogP contribution in [0.3, 0.4) is 0 Å². The van der Waals surface area contributed by atoms with Crippen LogP contribution in [-0.4, -0.2) is 50.2 Å². The van der Waals surface area contributed by atoms with Gasteiger partial charge in [0.15, 0.2) is 0 Å². The summed E-state index contributed by atoms with van der Waals surface area (Å²) in [6.07, 6.45) is 3.34. The van der Waals surface area contributed by atoms with Crippen LogP contribution in [0, 0.1) is 0 Å². The maximum atomic E-state index is 6.23. The maximum Gasteiger partial charge on any atom is 0.119 e. The van der Waals surface area contributed by atoms with Crippen molar-refractivity contribution in [2.24, 2.45) is 0 Å². The number of nitrogens with zero attached hydrogens (tertiary/aromatic N) is 2. The number of rotatable bonds is 10. The highest BCUT2D eigenvalue weighted by Gasteiger charge is 2.27. The van der Waals surface area contributed by atoms with Crippen molar-refractivity contribution in [1.82, 2.24) is 9.80 Å². The summed E-state index contributed by atoms with van der Waals surface area (Å²) in [5.74, 6) is 2.55. The molecule has 4 aromatic carbocycles. The standard InChI is InChI=1S/C36H38N2O2/c1-37-23-30-22-33(18-19-34(30)35(26-37)27-14-16-32(39-2)17-15-27)40-21-9-20-38-24-31(25-38)36(28-10-5-3-6-11-28)29-12-7-4-8-13-29/h3-8,10-19,22,24,35-36H,9,20-21,23,25-26H2,1-2H3. The lowest BCUT2D eigenvalue weighted by Crippen LogP contribution is -2.34. The fourth-order valence-electron chi connectivity index (χ4n) is 6.16. The van der Waals surface area contributed by atoms with E-state index in [0.29, 0.717) is 11.8 Å². The minimum absolute atomic E-state index is 0.324. The summed E-state index contributed by atoms with van der Waals surface area (Å²) in [6, 6.07) is 36.8. The third-order valence-corrected chi connectivity index (χ3v) is 8.17. The molecule has 0 N–H and O–H groups in total. The van der Waals surface area contributed by atoms with E-state index in [1.807, 2.05) is 0 Å². The predicted octanol–water partition coefficient (Wildman–Crippen LogP) is 7.07. The van der Waals surface area contributed by atoms with Gasteiger partial charge in [-0.2, -0.15) is 0 Å². The Kier molecular flexibility index (Phi) is 7.87. The molecule has 204 valence electrons.